The van der Waals surface area contributed by atoms with E-state index in [1.807, 2.05) is 24.3 Å². The third-order valence-corrected chi connectivity index (χ3v) is 4.55. The maximum Gasteiger partial charge on any atom is 0.255 e. The Morgan fingerprint density at radius 2 is 1.74 bits per heavy atom. The number of carbonyl (C=O) groups is 1. The number of rotatable bonds is 4. The van der Waals surface area contributed by atoms with Gasteiger partial charge < -0.3 is 5.32 Å². The molecule has 23 heavy (non-hydrogen) atoms. The molecule has 1 aliphatic heterocycles. The number of halogens is 2. The molecule has 3 rings (SSSR count). The van der Waals surface area contributed by atoms with E-state index < -0.39 is 0 Å². The fourth-order valence-electron chi connectivity index (χ4n) is 2.75. The Bertz CT molecular complexity index is 695. The van der Waals surface area contributed by atoms with Crippen molar-refractivity contribution in [1.82, 2.24) is 4.90 Å². The van der Waals surface area contributed by atoms with Crippen LogP contribution in [0.15, 0.2) is 42.5 Å². The van der Waals surface area contributed by atoms with Crippen molar-refractivity contribution in [3.63, 3.8) is 0 Å². The van der Waals surface area contributed by atoms with Crippen LogP contribution in [0.25, 0.3) is 0 Å². The number of carbonyl (C=O) groups excluding carboxylic acids is 1. The van der Waals surface area contributed by atoms with Gasteiger partial charge in [-0.3, -0.25) is 9.69 Å². The summed E-state index contributed by atoms with van der Waals surface area (Å²) in [6, 6.07) is 12.7. The first-order valence-electron chi connectivity index (χ1n) is 7.69. The minimum absolute atomic E-state index is 0.179. The first-order chi connectivity index (χ1) is 11.1. The van der Waals surface area contributed by atoms with Gasteiger partial charge in [0, 0.05) is 17.1 Å². The van der Waals surface area contributed by atoms with Gasteiger partial charge in [0.15, 0.2) is 0 Å². The van der Waals surface area contributed by atoms with Crippen molar-refractivity contribution in [3.8, 4) is 0 Å². The molecule has 1 fully saturated rings. The molecule has 1 N–H and O–H groups in total. The molecule has 0 aliphatic carbocycles. The zero-order valence-corrected chi connectivity index (χ0v) is 14.2. The van der Waals surface area contributed by atoms with Crippen molar-refractivity contribution < 1.29 is 4.79 Å². The Morgan fingerprint density at radius 3 is 2.39 bits per heavy atom. The Labute approximate surface area is 146 Å². The normalized spacial score (nSPS) is 14.9. The van der Waals surface area contributed by atoms with Crippen LogP contribution in [0.5, 0.6) is 0 Å². The SMILES string of the molecule is O=C(Nc1ccc(Cl)cc1Cl)c1ccc(CN2CCCC2)cc1. The van der Waals surface area contributed by atoms with E-state index in [4.69, 9.17) is 23.2 Å². The highest BCUT2D eigenvalue weighted by molar-refractivity contribution is 6.36. The van der Waals surface area contributed by atoms with Crippen molar-refractivity contribution in [2.24, 2.45) is 0 Å². The van der Waals surface area contributed by atoms with Gasteiger partial charge in [0.25, 0.3) is 5.91 Å². The van der Waals surface area contributed by atoms with Gasteiger partial charge in [-0.15, -0.1) is 0 Å². The highest BCUT2D eigenvalue weighted by Gasteiger charge is 2.13. The van der Waals surface area contributed by atoms with Crippen LogP contribution in [0.2, 0.25) is 10.0 Å². The number of benzene rings is 2. The summed E-state index contributed by atoms with van der Waals surface area (Å²) < 4.78 is 0. The lowest BCUT2D eigenvalue weighted by Crippen LogP contribution is -2.18. The van der Waals surface area contributed by atoms with E-state index in [1.54, 1.807) is 18.2 Å². The van der Waals surface area contributed by atoms with Crippen LogP contribution in [0, 0.1) is 0 Å². The molecule has 0 unspecified atom stereocenters. The van der Waals surface area contributed by atoms with Crippen LogP contribution in [0.4, 0.5) is 5.69 Å². The molecule has 1 saturated heterocycles. The lowest BCUT2D eigenvalue weighted by atomic mass is 10.1. The number of nitrogens with one attached hydrogen (secondary N) is 1. The van der Waals surface area contributed by atoms with Crippen molar-refractivity contribution in [3.05, 3.63) is 63.6 Å². The van der Waals surface area contributed by atoms with Gasteiger partial charge in [-0.05, 0) is 61.8 Å². The minimum Gasteiger partial charge on any atom is -0.321 e. The molecule has 120 valence electrons. The van der Waals surface area contributed by atoms with Gasteiger partial charge in [0.1, 0.15) is 0 Å². The van der Waals surface area contributed by atoms with Crippen LogP contribution < -0.4 is 5.32 Å². The number of nitrogens with zero attached hydrogens (tertiary/aromatic N) is 1. The molecule has 1 heterocycles. The second-order valence-corrected chi connectivity index (χ2v) is 6.60. The number of hydrogen-bond acceptors (Lipinski definition) is 2. The van der Waals surface area contributed by atoms with Crippen LogP contribution >= 0.6 is 23.2 Å². The van der Waals surface area contributed by atoms with Crippen molar-refractivity contribution in [1.29, 1.82) is 0 Å². The molecule has 1 aliphatic rings. The number of likely N-dealkylation sites (tertiary alicyclic amines) is 1. The van der Waals surface area contributed by atoms with Gasteiger partial charge in [0.05, 0.1) is 10.7 Å². The first kappa shape index (κ1) is 16.3. The standard InChI is InChI=1S/C18H18Cl2N2O/c19-15-7-8-17(16(20)11-15)21-18(23)14-5-3-13(4-6-14)12-22-9-1-2-10-22/h3-8,11H,1-2,9-10,12H2,(H,21,23). The van der Waals surface area contributed by atoms with Gasteiger partial charge in [-0.1, -0.05) is 35.3 Å². The van der Waals surface area contributed by atoms with Gasteiger partial charge in [-0.25, -0.2) is 0 Å². The third kappa shape index (κ3) is 4.25. The summed E-state index contributed by atoms with van der Waals surface area (Å²) in [5, 5.41) is 3.77. The first-order valence-corrected chi connectivity index (χ1v) is 8.45. The van der Waals surface area contributed by atoms with Gasteiger partial charge in [0.2, 0.25) is 0 Å². The monoisotopic (exact) mass is 348 g/mol. The van der Waals surface area contributed by atoms with Gasteiger partial charge in [-0.2, -0.15) is 0 Å². The van der Waals surface area contributed by atoms with E-state index >= 15 is 0 Å². The molecule has 0 radical (unpaired) electrons. The summed E-state index contributed by atoms with van der Waals surface area (Å²) in [5.74, 6) is -0.179. The largest absolute Gasteiger partial charge is 0.321 e. The fourth-order valence-corrected chi connectivity index (χ4v) is 3.20. The summed E-state index contributed by atoms with van der Waals surface area (Å²) in [6.45, 7) is 3.28. The molecule has 0 saturated carbocycles. The highest BCUT2D eigenvalue weighted by Crippen LogP contribution is 2.25. The van der Waals surface area contributed by atoms with E-state index in [9.17, 15) is 4.79 Å². The molecule has 0 atom stereocenters. The molecule has 2 aromatic carbocycles. The summed E-state index contributed by atoms with van der Waals surface area (Å²) in [6.07, 6.45) is 2.56. The van der Waals surface area contributed by atoms with Crippen LogP contribution in [0.1, 0.15) is 28.8 Å². The van der Waals surface area contributed by atoms with Crippen LogP contribution in [0.3, 0.4) is 0 Å². The topological polar surface area (TPSA) is 32.3 Å². The van der Waals surface area contributed by atoms with Crippen LogP contribution in [-0.4, -0.2) is 23.9 Å². The van der Waals surface area contributed by atoms with Gasteiger partial charge >= 0.3 is 0 Å². The van der Waals surface area contributed by atoms with E-state index in [0.717, 1.165) is 19.6 Å². The van der Waals surface area contributed by atoms with Crippen molar-refractivity contribution >= 4 is 34.8 Å². The third-order valence-electron chi connectivity index (χ3n) is 4.00. The molecular formula is C18H18Cl2N2O. The maximum atomic E-state index is 12.3. The molecule has 0 aromatic heterocycles. The molecule has 0 bridgehead atoms. The fraction of sp³-hybridized carbons (Fsp3) is 0.278. The molecule has 5 heteroatoms. The zero-order chi connectivity index (χ0) is 16.2. The summed E-state index contributed by atoms with van der Waals surface area (Å²) in [5.41, 5.74) is 2.40. The predicted molar refractivity (Wildman–Crippen MR) is 95.4 cm³/mol. The van der Waals surface area contributed by atoms with Crippen molar-refractivity contribution in [2.75, 3.05) is 18.4 Å². The number of anilines is 1. The smallest absolute Gasteiger partial charge is 0.255 e. The van der Waals surface area contributed by atoms with Crippen LogP contribution in [-0.2, 0) is 6.54 Å². The van der Waals surface area contributed by atoms with E-state index in [2.05, 4.69) is 10.2 Å². The summed E-state index contributed by atoms with van der Waals surface area (Å²) in [7, 11) is 0. The minimum atomic E-state index is -0.179. The zero-order valence-electron chi connectivity index (χ0n) is 12.7. The second-order valence-electron chi connectivity index (χ2n) is 5.76. The molecular weight excluding hydrogens is 331 g/mol. The average molecular weight is 349 g/mol. The lowest BCUT2D eigenvalue weighted by molar-refractivity contribution is 0.102. The lowest BCUT2D eigenvalue weighted by Gasteiger charge is -2.14. The molecule has 1 amide bonds. The Kier molecular flexibility index (Phi) is 5.21. The van der Waals surface area contributed by atoms with E-state index in [1.165, 1.54) is 18.4 Å². The van der Waals surface area contributed by atoms with Crippen molar-refractivity contribution in [2.45, 2.75) is 19.4 Å². The molecule has 3 nitrogen and oxygen atoms in total. The Balaban J connectivity index is 1.65. The van der Waals surface area contributed by atoms with E-state index in [-0.39, 0.29) is 5.91 Å². The Morgan fingerprint density at radius 1 is 1.04 bits per heavy atom. The molecule has 2 aromatic rings. The maximum absolute atomic E-state index is 12.3. The summed E-state index contributed by atoms with van der Waals surface area (Å²) in [4.78, 5) is 14.7. The Hall–Kier alpha value is -1.55. The highest BCUT2D eigenvalue weighted by atomic mass is 35.5. The second kappa shape index (κ2) is 7.35. The molecule has 0 spiro atoms. The summed E-state index contributed by atoms with van der Waals surface area (Å²) >= 11 is 11.9. The average Bonchev–Trinajstić information content (AvgIpc) is 3.04. The number of hydrogen-bond donors (Lipinski definition) is 1. The quantitative estimate of drug-likeness (QED) is 0.857. The number of amides is 1. The predicted octanol–water partition coefficient (Wildman–Crippen LogP) is 4.84. The van der Waals surface area contributed by atoms with E-state index in [0.29, 0.717) is 21.3 Å².